The summed E-state index contributed by atoms with van der Waals surface area (Å²) in [7, 11) is 0. The molecule has 2 aliphatic heterocycles. The minimum atomic E-state index is -4.53. The molecule has 0 saturated carbocycles. The van der Waals surface area contributed by atoms with Crippen molar-refractivity contribution in [2.45, 2.75) is 45.0 Å². The summed E-state index contributed by atoms with van der Waals surface area (Å²) in [4.78, 5) is 15.7. The van der Waals surface area contributed by atoms with Crippen LogP contribution in [-0.2, 0) is 11.3 Å². The number of hydrogen-bond acceptors (Lipinski definition) is 5. The van der Waals surface area contributed by atoms with E-state index in [0.29, 0.717) is 13.1 Å². The van der Waals surface area contributed by atoms with Crippen LogP contribution < -0.4 is 0 Å². The predicted molar refractivity (Wildman–Crippen MR) is 87.2 cm³/mol. The maximum atomic E-state index is 12.5. The van der Waals surface area contributed by atoms with Gasteiger partial charge in [-0.25, -0.2) is 4.79 Å². The van der Waals surface area contributed by atoms with Crippen LogP contribution in [0.15, 0.2) is 18.5 Å². The van der Waals surface area contributed by atoms with Crippen LogP contribution in [0.1, 0.15) is 31.7 Å². The number of halogens is 3. The predicted octanol–water partition coefficient (Wildman–Crippen LogP) is 2.85. The molecule has 1 unspecified atom stereocenters. The monoisotopic (exact) mass is 372 g/mol. The molecule has 0 bridgehead atoms. The van der Waals surface area contributed by atoms with Gasteiger partial charge in [0.05, 0.1) is 6.20 Å². The van der Waals surface area contributed by atoms with Gasteiger partial charge in [0.25, 0.3) is 0 Å². The molecule has 3 rings (SSSR count). The summed E-state index contributed by atoms with van der Waals surface area (Å²) < 4.78 is 42.1. The Balaban J connectivity index is 1.48. The molecule has 1 aromatic rings. The van der Waals surface area contributed by atoms with E-state index in [1.54, 1.807) is 12.4 Å². The summed E-state index contributed by atoms with van der Waals surface area (Å²) >= 11 is 0. The molecule has 0 aromatic carbocycles. The summed E-state index contributed by atoms with van der Waals surface area (Å²) in [6.07, 6.45) is -1.45. The fraction of sp³-hybridized carbons (Fsp3) is 0.706. The third-order valence-electron chi connectivity index (χ3n) is 5.39. The zero-order valence-electron chi connectivity index (χ0n) is 14.7. The van der Waals surface area contributed by atoms with Gasteiger partial charge in [0, 0.05) is 32.4 Å². The average molecular weight is 372 g/mol. The summed E-state index contributed by atoms with van der Waals surface area (Å²) in [5, 5.41) is 7.66. The molecule has 0 radical (unpaired) electrons. The standard InChI is InChI=1S/C17H23F3N4O2/c1-13(17(18,19)20)26-15(25)24-8-4-16(5-9-24)3-7-23(12-16)11-14-2-6-21-22-10-14/h2,6,10,13H,3-5,7-9,11-12H2,1H3. The number of hydrogen-bond donors (Lipinski definition) is 0. The van der Waals surface area contributed by atoms with Crippen molar-refractivity contribution in [3.05, 3.63) is 24.0 Å². The Labute approximate surface area is 150 Å². The molecule has 1 amide bonds. The molecular formula is C17H23F3N4O2. The Hall–Kier alpha value is -1.90. The SMILES string of the molecule is CC(OC(=O)N1CCC2(CCN(Cc3ccnnc3)C2)CC1)C(F)(F)F. The molecule has 2 aliphatic rings. The van der Waals surface area contributed by atoms with Gasteiger partial charge in [0.2, 0.25) is 0 Å². The average Bonchev–Trinajstić information content (AvgIpc) is 2.97. The fourth-order valence-corrected chi connectivity index (χ4v) is 3.70. The molecule has 9 heteroatoms. The number of rotatable bonds is 3. The highest BCUT2D eigenvalue weighted by Crippen LogP contribution is 2.41. The normalized spacial score (nSPS) is 21.8. The Kier molecular flexibility index (Phi) is 5.36. The van der Waals surface area contributed by atoms with Crippen molar-refractivity contribution in [2.75, 3.05) is 26.2 Å². The second-order valence-corrected chi connectivity index (χ2v) is 7.27. The number of amides is 1. The Bertz CT molecular complexity index is 618. The Morgan fingerprint density at radius 2 is 1.96 bits per heavy atom. The molecule has 2 saturated heterocycles. The molecule has 6 nitrogen and oxygen atoms in total. The Morgan fingerprint density at radius 3 is 2.58 bits per heavy atom. The zero-order chi connectivity index (χ0) is 18.8. The highest BCUT2D eigenvalue weighted by atomic mass is 19.4. The molecule has 1 aromatic heterocycles. The van der Waals surface area contributed by atoms with Crippen LogP contribution in [0, 0.1) is 5.41 Å². The number of ether oxygens (including phenoxy) is 1. The third-order valence-corrected chi connectivity index (χ3v) is 5.39. The molecular weight excluding hydrogens is 349 g/mol. The van der Waals surface area contributed by atoms with Gasteiger partial charge < -0.3 is 9.64 Å². The van der Waals surface area contributed by atoms with E-state index in [4.69, 9.17) is 0 Å². The third kappa shape index (κ3) is 4.44. The summed E-state index contributed by atoms with van der Waals surface area (Å²) in [6.45, 7) is 4.44. The first-order valence-electron chi connectivity index (χ1n) is 8.78. The largest absolute Gasteiger partial charge is 0.437 e. The maximum absolute atomic E-state index is 12.5. The van der Waals surface area contributed by atoms with Gasteiger partial charge >= 0.3 is 12.3 Å². The van der Waals surface area contributed by atoms with Crippen molar-refractivity contribution in [1.82, 2.24) is 20.0 Å². The number of carbonyl (C=O) groups is 1. The number of likely N-dealkylation sites (tertiary alicyclic amines) is 2. The summed E-state index contributed by atoms with van der Waals surface area (Å²) in [6, 6.07) is 1.94. The van der Waals surface area contributed by atoms with Crippen LogP contribution in [0.25, 0.3) is 0 Å². The molecule has 0 aliphatic carbocycles. The van der Waals surface area contributed by atoms with Crippen LogP contribution in [0.3, 0.4) is 0 Å². The van der Waals surface area contributed by atoms with Crippen molar-refractivity contribution in [2.24, 2.45) is 5.41 Å². The zero-order valence-corrected chi connectivity index (χ0v) is 14.7. The first-order chi connectivity index (χ1) is 12.3. The van der Waals surface area contributed by atoms with Crippen molar-refractivity contribution in [3.63, 3.8) is 0 Å². The first kappa shape index (κ1) is 18.9. The van der Waals surface area contributed by atoms with E-state index in [-0.39, 0.29) is 5.41 Å². The fourth-order valence-electron chi connectivity index (χ4n) is 3.70. The van der Waals surface area contributed by atoms with Crippen molar-refractivity contribution in [3.8, 4) is 0 Å². The lowest BCUT2D eigenvalue weighted by atomic mass is 9.78. The van der Waals surface area contributed by atoms with Crippen LogP contribution in [-0.4, -0.2) is 64.5 Å². The molecule has 2 fully saturated rings. The molecule has 0 N–H and O–H groups in total. The van der Waals surface area contributed by atoms with Gasteiger partial charge in [-0.15, -0.1) is 0 Å². The number of carbonyl (C=O) groups excluding carboxylic acids is 1. The number of nitrogens with zero attached hydrogens (tertiary/aromatic N) is 4. The van der Waals surface area contributed by atoms with Crippen LogP contribution in [0.2, 0.25) is 0 Å². The quantitative estimate of drug-likeness (QED) is 0.817. The minimum absolute atomic E-state index is 0.132. The van der Waals surface area contributed by atoms with Crippen molar-refractivity contribution >= 4 is 6.09 Å². The van der Waals surface area contributed by atoms with Gasteiger partial charge in [-0.3, -0.25) is 4.90 Å². The number of piperidine rings is 1. The molecule has 1 spiro atoms. The maximum Gasteiger partial charge on any atom is 0.425 e. The smallest absolute Gasteiger partial charge is 0.425 e. The highest BCUT2D eigenvalue weighted by molar-refractivity contribution is 5.68. The lowest BCUT2D eigenvalue weighted by Crippen LogP contribution is -2.46. The topological polar surface area (TPSA) is 58.6 Å². The van der Waals surface area contributed by atoms with Crippen LogP contribution >= 0.6 is 0 Å². The van der Waals surface area contributed by atoms with E-state index in [9.17, 15) is 18.0 Å². The molecule has 1 atom stereocenters. The van der Waals surface area contributed by atoms with Crippen molar-refractivity contribution < 1.29 is 22.7 Å². The highest BCUT2D eigenvalue weighted by Gasteiger charge is 2.43. The Morgan fingerprint density at radius 1 is 1.27 bits per heavy atom. The van der Waals surface area contributed by atoms with E-state index in [1.807, 2.05) is 6.07 Å². The van der Waals surface area contributed by atoms with Crippen LogP contribution in [0.4, 0.5) is 18.0 Å². The minimum Gasteiger partial charge on any atom is -0.437 e. The van der Waals surface area contributed by atoms with Gasteiger partial charge in [0.15, 0.2) is 6.10 Å². The van der Waals surface area contributed by atoms with Gasteiger partial charge in [-0.1, -0.05) is 0 Å². The second-order valence-electron chi connectivity index (χ2n) is 7.27. The van der Waals surface area contributed by atoms with Gasteiger partial charge in [-0.05, 0) is 49.8 Å². The lowest BCUT2D eigenvalue weighted by molar-refractivity contribution is -0.200. The second kappa shape index (κ2) is 7.38. The molecule has 144 valence electrons. The molecule has 26 heavy (non-hydrogen) atoms. The first-order valence-corrected chi connectivity index (χ1v) is 8.78. The summed E-state index contributed by atoms with van der Waals surface area (Å²) in [5.41, 5.74) is 1.24. The van der Waals surface area contributed by atoms with Crippen molar-refractivity contribution in [1.29, 1.82) is 0 Å². The number of alkyl halides is 3. The van der Waals surface area contributed by atoms with E-state index in [0.717, 1.165) is 51.4 Å². The number of aromatic nitrogens is 2. The van der Waals surface area contributed by atoms with Crippen LogP contribution in [0.5, 0.6) is 0 Å². The summed E-state index contributed by atoms with van der Waals surface area (Å²) in [5.74, 6) is 0. The lowest BCUT2D eigenvalue weighted by Gasteiger charge is -2.39. The van der Waals surface area contributed by atoms with E-state index < -0.39 is 18.4 Å². The van der Waals surface area contributed by atoms with E-state index in [2.05, 4.69) is 19.8 Å². The molecule has 3 heterocycles. The van der Waals surface area contributed by atoms with Gasteiger partial charge in [-0.2, -0.15) is 23.4 Å². The van der Waals surface area contributed by atoms with E-state index in [1.165, 1.54) is 4.90 Å². The van der Waals surface area contributed by atoms with Gasteiger partial charge in [0.1, 0.15) is 0 Å². The van der Waals surface area contributed by atoms with E-state index >= 15 is 0 Å².